The molecule has 0 aliphatic heterocycles. The van der Waals surface area contributed by atoms with Crippen molar-refractivity contribution in [2.45, 2.75) is 25.8 Å². The van der Waals surface area contributed by atoms with Gasteiger partial charge in [-0.25, -0.2) is 4.79 Å². The minimum atomic E-state index is -0.495. The van der Waals surface area contributed by atoms with Crippen molar-refractivity contribution in [1.82, 2.24) is 5.32 Å². The molecule has 1 fully saturated rings. The predicted molar refractivity (Wildman–Crippen MR) is 79.3 cm³/mol. The summed E-state index contributed by atoms with van der Waals surface area (Å²) in [7, 11) is 0. The molecule has 1 atom stereocenters. The molecule has 0 saturated heterocycles. The first-order valence-electron chi connectivity index (χ1n) is 6.46. The van der Waals surface area contributed by atoms with Gasteiger partial charge < -0.3 is 10.1 Å². The van der Waals surface area contributed by atoms with E-state index >= 15 is 0 Å². The highest BCUT2D eigenvalue weighted by Crippen LogP contribution is 2.31. The number of benzene rings is 1. The molecule has 0 radical (unpaired) electrons. The highest BCUT2D eigenvalue weighted by Gasteiger charge is 2.28. The monoisotopic (exact) mass is 345 g/mol. The maximum absolute atomic E-state index is 12.1. The van der Waals surface area contributed by atoms with Gasteiger partial charge in [-0.15, -0.1) is 0 Å². The number of esters is 1. The molecule has 0 aromatic heterocycles. The number of hydrogen-bond acceptors (Lipinski definition) is 3. The summed E-state index contributed by atoms with van der Waals surface area (Å²) in [5.41, 5.74) is 0.759. The third kappa shape index (κ3) is 4.20. The van der Waals surface area contributed by atoms with Crippen LogP contribution in [-0.2, 0) is 9.53 Å². The molecule has 0 heterocycles. The molecule has 5 heteroatoms. The van der Waals surface area contributed by atoms with Gasteiger partial charge in [0.15, 0.2) is 0 Å². The van der Waals surface area contributed by atoms with Crippen molar-refractivity contribution in [2.75, 3.05) is 13.2 Å². The second-order valence-corrected chi connectivity index (χ2v) is 6.03. The molecule has 1 aromatic carbocycles. The smallest absolute Gasteiger partial charge is 0.327 e. The summed E-state index contributed by atoms with van der Waals surface area (Å²) in [4.78, 5) is 12.1. The highest BCUT2D eigenvalue weighted by atomic mass is 79.9. The summed E-state index contributed by atoms with van der Waals surface area (Å²) >= 11 is 9.60. The van der Waals surface area contributed by atoms with Crippen LogP contribution in [0.25, 0.3) is 0 Å². The summed E-state index contributed by atoms with van der Waals surface area (Å²) in [6, 6.07) is 5.01. The van der Waals surface area contributed by atoms with Crippen molar-refractivity contribution < 1.29 is 9.53 Å². The van der Waals surface area contributed by atoms with Crippen LogP contribution < -0.4 is 5.32 Å². The first-order valence-corrected chi connectivity index (χ1v) is 7.64. The number of ether oxygens (including phenoxy) is 1. The van der Waals surface area contributed by atoms with E-state index in [0.717, 1.165) is 16.6 Å². The van der Waals surface area contributed by atoms with E-state index in [1.807, 2.05) is 12.1 Å². The fourth-order valence-corrected chi connectivity index (χ4v) is 2.49. The Morgan fingerprint density at radius 3 is 2.95 bits per heavy atom. The van der Waals surface area contributed by atoms with E-state index in [4.69, 9.17) is 16.3 Å². The van der Waals surface area contributed by atoms with Crippen molar-refractivity contribution in [3.63, 3.8) is 0 Å². The average Bonchev–Trinajstić information content (AvgIpc) is 3.18. The normalized spacial score (nSPS) is 16.2. The zero-order valence-electron chi connectivity index (χ0n) is 10.8. The lowest BCUT2D eigenvalue weighted by Crippen LogP contribution is -2.32. The van der Waals surface area contributed by atoms with Crippen molar-refractivity contribution in [2.24, 2.45) is 5.92 Å². The standard InChI is InChI=1S/C14H17BrClNO2/c1-2-19-14(18)13(17-8-9-3-4-9)11-7-10(15)5-6-12(11)16/h5-7,9,13,17H,2-4,8H2,1H3. The summed E-state index contributed by atoms with van der Waals surface area (Å²) in [5.74, 6) is 0.408. The van der Waals surface area contributed by atoms with Crippen LogP contribution in [0.3, 0.4) is 0 Å². The van der Waals surface area contributed by atoms with Gasteiger partial charge in [-0.1, -0.05) is 27.5 Å². The third-order valence-corrected chi connectivity index (χ3v) is 3.94. The summed E-state index contributed by atoms with van der Waals surface area (Å²) in [5, 5.41) is 3.84. The van der Waals surface area contributed by atoms with E-state index < -0.39 is 6.04 Å². The Hall–Kier alpha value is -0.580. The van der Waals surface area contributed by atoms with Gasteiger partial charge >= 0.3 is 5.97 Å². The largest absolute Gasteiger partial charge is 0.465 e. The molecular formula is C14H17BrClNO2. The molecule has 1 saturated carbocycles. The van der Waals surface area contributed by atoms with Crippen LogP contribution in [0.1, 0.15) is 31.4 Å². The molecule has 1 N–H and O–H groups in total. The topological polar surface area (TPSA) is 38.3 Å². The van der Waals surface area contributed by atoms with Gasteiger partial charge in [-0.2, -0.15) is 0 Å². The molecule has 0 amide bonds. The van der Waals surface area contributed by atoms with E-state index in [1.165, 1.54) is 12.8 Å². The lowest BCUT2D eigenvalue weighted by atomic mass is 10.1. The zero-order valence-corrected chi connectivity index (χ0v) is 13.1. The van der Waals surface area contributed by atoms with Crippen molar-refractivity contribution >= 4 is 33.5 Å². The fourth-order valence-electron chi connectivity index (χ4n) is 1.89. The van der Waals surface area contributed by atoms with E-state index in [1.54, 1.807) is 13.0 Å². The SMILES string of the molecule is CCOC(=O)C(NCC1CC1)c1cc(Br)ccc1Cl. The first kappa shape index (κ1) is 14.8. The summed E-state index contributed by atoms with van der Waals surface area (Å²) < 4.78 is 6.03. The lowest BCUT2D eigenvalue weighted by Gasteiger charge is -2.19. The predicted octanol–water partition coefficient (Wildman–Crippen LogP) is 3.71. The zero-order chi connectivity index (χ0) is 13.8. The molecule has 104 valence electrons. The molecule has 1 aromatic rings. The van der Waals surface area contributed by atoms with Gasteiger partial charge in [0.05, 0.1) is 6.61 Å². The van der Waals surface area contributed by atoms with Gasteiger partial charge in [-0.3, -0.25) is 0 Å². The van der Waals surface area contributed by atoms with E-state index in [2.05, 4.69) is 21.2 Å². The second-order valence-electron chi connectivity index (χ2n) is 4.70. The Bertz CT molecular complexity index is 463. The van der Waals surface area contributed by atoms with Gasteiger partial charge in [0.1, 0.15) is 6.04 Å². The number of rotatable bonds is 6. The highest BCUT2D eigenvalue weighted by molar-refractivity contribution is 9.10. The van der Waals surface area contributed by atoms with Crippen LogP contribution in [0.15, 0.2) is 22.7 Å². The Morgan fingerprint density at radius 2 is 2.32 bits per heavy atom. The molecule has 2 rings (SSSR count). The van der Waals surface area contributed by atoms with E-state index in [9.17, 15) is 4.79 Å². The molecule has 1 aliphatic rings. The molecule has 3 nitrogen and oxygen atoms in total. The van der Waals surface area contributed by atoms with E-state index in [-0.39, 0.29) is 5.97 Å². The first-order chi connectivity index (χ1) is 9.11. The van der Waals surface area contributed by atoms with Gasteiger partial charge in [-0.05, 0) is 56.0 Å². The van der Waals surface area contributed by atoms with Gasteiger partial charge in [0.25, 0.3) is 0 Å². The van der Waals surface area contributed by atoms with Crippen molar-refractivity contribution in [3.05, 3.63) is 33.3 Å². The number of carbonyl (C=O) groups is 1. The van der Waals surface area contributed by atoms with E-state index in [0.29, 0.717) is 17.5 Å². The Balaban J connectivity index is 2.18. The Morgan fingerprint density at radius 1 is 1.58 bits per heavy atom. The van der Waals surface area contributed by atoms with Gasteiger partial charge in [0.2, 0.25) is 0 Å². The Labute approximate surface area is 126 Å². The maximum atomic E-state index is 12.1. The molecule has 1 aliphatic carbocycles. The third-order valence-electron chi connectivity index (χ3n) is 3.10. The fraction of sp³-hybridized carbons (Fsp3) is 0.500. The van der Waals surface area contributed by atoms with Crippen LogP contribution in [0.2, 0.25) is 5.02 Å². The molecule has 0 spiro atoms. The van der Waals surface area contributed by atoms with Crippen LogP contribution in [0, 0.1) is 5.92 Å². The summed E-state index contributed by atoms with van der Waals surface area (Å²) in [6.45, 7) is 3.00. The lowest BCUT2D eigenvalue weighted by molar-refractivity contribution is -0.145. The number of carbonyl (C=O) groups excluding carboxylic acids is 1. The minimum absolute atomic E-state index is 0.275. The van der Waals surface area contributed by atoms with Gasteiger partial charge in [0, 0.05) is 9.50 Å². The van der Waals surface area contributed by atoms with Crippen LogP contribution in [-0.4, -0.2) is 19.1 Å². The average molecular weight is 347 g/mol. The van der Waals surface area contributed by atoms with Crippen LogP contribution in [0.5, 0.6) is 0 Å². The number of hydrogen-bond donors (Lipinski definition) is 1. The maximum Gasteiger partial charge on any atom is 0.327 e. The van der Waals surface area contributed by atoms with Crippen molar-refractivity contribution in [1.29, 1.82) is 0 Å². The molecule has 1 unspecified atom stereocenters. The molecule has 0 bridgehead atoms. The van der Waals surface area contributed by atoms with Crippen LogP contribution >= 0.6 is 27.5 Å². The summed E-state index contributed by atoms with van der Waals surface area (Å²) in [6.07, 6.45) is 2.46. The van der Waals surface area contributed by atoms with Crippen LogP contribution in [0.4, 0.5) is 0 Å². The quantitative estimate of drug-likeness (QED) is 0.798. The number of nitrogens with one attached hydrogen (secondary N) is 1. The van der Waals surface area contributed by atoms with Crippen molar-refractivity contribution in [3.8, 4) is 0 Å². The molecular weight excluding hydrogens is 330 g/mol. The minimum Gasteiger partial charge on any atom is -0.465 e. The molecule has 19 heavy (non-hydrogen) atoms. The Kier molecular flexibility index (Phi) is 5.25. The number of halogens is 2. The second kappa shape index (κ2) is 6.73.